The number of ether oxygens (including phenoxy) is 3. The molecule has 0 fully saturated rings. The number of halogens is 1. The van der Waals surface area contributed by atoms with Gasteiger partial charge in [0.25, 0.3) is 5.91 Å². The molecule has 2 amide bonds. The maximum Gasteiger partial charge on any atom is 0.265 e. The lowest BCUT2D eigenvalue weighted by Crippen LogP contribution is -2.38. The summed E-state index contributed by atoms with van der Waals surface area (Å²) in [5.41, 5.74) is 2.97. The van der Waals surface area contributed by atoms with E-state index in [-0.39, 0.29) is 30.8 Å². The van der Waals surface area contributed by atoms with Gasteiger partial charge in [-0.2, -0.15) is 0 Å². The van der Waals surface area contributed by atoms with Crippen LogP contribution in [0.5, 0.6) is 17.2 Å². The van der Waals surface area contributed by atoms with Gasteiger partial charge in [-0.25, -0.2) is 4.98 Å². The number of anilines is 2. The second-order valence-electron chi connectivity index (χ2n) is 7.47. The van der Waals surface area contributed by atoms with E-state index in [0.29, 0.717) is 46.9 Å². The summed E-state index contributed by atoms with van der Waals surface area (Å²) in [6.07, 6.45) is 4.80. The van der Waals surface area contributed by atoms with Crippen LogP contribution in [0.2, 0.25) is 0 Å². The number of nitrogens with one attached hydrogen (secondary N) is 1. The van der Waals surface area contributed by atoms with Crippen molar-refractivity contribution in [3.8, 4) is 28.5 Å². The molecule has 0 saturated carbocycles. The molecule has 1 N–H and O–H groups in total. The van der Waals surface area contributed by atoms with Crippen molar-refractivity contribution in [2.75, 3.05) is 37.1 Å². The smallest absolute Gasteiger partial charge is 0.265 e. The number of carbonyl (C=O) groups excluding carboxylic acids is 2. The second kappa shape index (κ2) is 12.2. The van der Waals surface area contributed by atoms with Crippen LogP contribution in [0.4, 0.5) is 10.8 Å². The van der Waals surface area contributed by atoms with Crippen LogP contribution >= 0.6 is 23.7 Å². The summed E-state index contributed by atoms with van der Waals surface area (Å²) in [4.78, 5) is 30.8. The van der Waals surface area contributed by atoms with Crippen LogP contribution in [0.3, 0.4) is 0 Å². The average Bonchev–Trinajstić information content (AvgIpc) is 3.33. The first-order valence-electron chi connectivity index (χ1n) is 11.0. The highest BCUT2D eigenvalue weighted by atomic mass is 35.5. The van der Waals surface area contributed by atoms with Crippen molar-refractivity contribution in [3.63, 3.8) is 0 Å². The zero-order valence-corrected chi connectivity index (χ0v) is 21.5. The maximum absolute atomic E-state index is 12.4. The number of methoxy groups -OCH3 is 1. The van der Waals surface area contributed by atoms with Crippen molar-refractivity contribution in [2.24, 2.45) is 0 Å². The summed E-state index contributed by atoms with van der Waals surface area (Å²) in [6.45, 7) is 6.56. The van der Waals surface area contributed by atoms with Crippen LogP contribution in [0.25, 0.3) is 17.3 Å². The molecule has 36 heavy (non-hydrogen) atoms. The van der Waals surface area contributed by atoms with Gasteiger partial charge in [-0.15, -0.1) is 30.3 Å². The molecule has 2 heterocycles. The molecule has 0 bridgehead atoms. The zero-order valence-electron chi connectivity index (χ0n) is 19.9. The quantitative estimate of drug-likeness (QED) is 0.304. The molecule has 8 nitrogen and oxygen atoms in total. The molecule has 1 aromatic heterocycles. The fraction of sp³-hybridized carbons (Fsp3) is 0.192. The van der Waals surface area contributed by atoms with Gasteiger partial charge in [0.15, 0.2) is 23.2 Å². The van der Waals surface area contributed by atoms with E-state index in [1.165, 1.54) is 17.4 Å². The van der Waals surface area contributed by atoms with Crippen LogP contribution in [0, 0.1) is 0 Å². The molecule has 0 radical (unpaired) electrons. The van der Waals surface area contributed by atoms with Gasteiger partial charge in [-0.3, -0.25) is 14.9 Å². The highest BCUT2D eigenvalue weighted by Gasteiger charge is 2.25. The number of amides is 2. The van der Waals surface area contributed by atoms with Crippen molar-refractivity contribution < 1.29 is 23.8 Å². The molecular weight excluding hydrogens is 502 g/mol. The molecule has 0 spiro atoms. The summed E-state index contributed by atoms with van der Waals surface area (Å²) in [5.74, 6) is 1.45. The third kappa shape index (κ3) is 6.05. The van der Waals surface area contributed by atoms with Crippen molar-refractivity contribution in [1.29, 1.82) is 0 Å². The lowest BCUT2D eigenvalue weighted by Gasteiger charge is -2.28. The first kappa shape index (κ1) is 26.8. The third-order valence-electron chi connectivity index (χ3n) is 5.16. The van der Waals surface area contributed by atoms with Crippen LogP contribution in [0.15, 0.2) is 60.5 Å². The number of fused-ring (bicyclic) bond motifs is 1. The third-order valence-corrected chi connectivity index (χ3v) is 5.92. The van der Waals surface area contributed by atoms with Crippen molar-refractivity contribution >= 4 is 52.5 Å². The molecule has 3 aromatic rings. The second-order valence-corrected chi connectivity index (χ2v) is 8.33. The summed E-state index contributed by atoms with van der Waals surface area (Å²) in [6, 6.07) is 11.0. The number of aromatic nitrogens is 1. The lowest BCUT2D eigenvalue weighted by molar-refractivity contribution is -0.121. The highest BCUT2D eigenvalue weighted by Crippen LogP contribution is 2.36. The molecular formula is C26H26ClN3O5S. The van der Waals surface area contributed by atoms with E-state index in [1.807, 2.05) is 36.6 Å². The van der Waals surface area contributed by atoms with E-state index in [4.69, 9.17) is 14.2 Å². The molecule has 0 saturated heterocycles. The Morgan fingerprint density at radius 3 is 2.86 bits per heavy atom. The largest absolute Gasteiger partial charge is 0.493 e. The van der Waals surface area contributed by atoms with E-state index >= 15 is 0 Å². The molecule has 10 heteroatoms. The molecule has 0 atom stereocenters. The van der Waals surface area contributed by atoms with E-state index in [1.54, 1.807) is 36.3 Å². The van der Waals surface area contributed by atoms with Crippen LogP contribution in [-0.4, -0.2) is 43.7 Å². The minimum absolute atomic E-state index is 0. The topological polar surface area (TPSA) is 90.0 Å². The lowest BCUT2D eigenvalue weighted by atomic mass is 10.1. The Balaban J connectivity index is 0.00000361. The predicted octanol–water partition coefficient (Wildman–Crippen LogP) is 5.20. The number of rotatable bonds is 9. The Labute approximate surface area is 219 Å². The van der Waals surface area contributed by atoms with Gasteiger partial charge >= 0.3 is 0 Å². The van der Waals surface area contributed by atoms with Gasteiger partial charge in [-0.05, 0) is 48.9 Å². The SMILES string of the molecule is C=CCN1C(=O)COc2ccc(-c3csc(NC(=O)C=Cc4ccc(OCC)c(OC)c4)n3)cc21.Cl. The monoisotopic (exact) mass is 527 g/mol. The molecule has 1 aliphatic heterocycles. The Kier molecular flexibility index (Phi) is 9.10. The number of nitrogens with zero attached hydrogens (tertiary/aromatic N) is 2. The number of thiazole rings is 1. The number of hydrogen-bond donors (Lipinski definition) is 1. The van der Waals surface area contributed by atoms with Gasteiger partial charge < -0.3 is 19.1 Å². The van der Waals surface area contributed by atoms with E-state index in [9.17, 15) is 9.59 Å². The summed E-state index contributed by atoms with van der Waals surface area (Å²) < 4.78 is 16.4. The standard InChI is InChI=1S/C26H25N3O5S.ClH/c1-4-12-29-20-14-18(8-10-21(20)34-15-25(29)31)19-16-35-26(27-19)28-24(30)11-7-17-6-9-22(33-5-2)23(13-17)32-3;/h4,6-11,13-14,16H,1,5,12,15H2,2-3H3,(H,27,28,30);1H. The molecule has 0 unspecified atom stereocenters. The molecule has 4 rings (SSSR count). The summed E-state index contributed by atoms with van der Waals surface area (Å²) in [7, 11) is 1.57. The maximum atomic E-state index is 12.4. The summed E-state index contributed by atoms with van der Waals surface area (Å²) in [5, 5.41) is 5.10. The average molecular weight is 528 g/mol. The van der Waals surface area contributed by atoms with Gasteiger partial charge in [0.05, 0.1) is 25.1 Å². The first-order valence-corrected chi connectivity index (χ1v) is 11.8. The van der Waals surface area contributed by atoms with E-state index in [0.717, 1.165) is 11.1 Å². The van der Waals surface area contributed by atoms with Crippen LogP contribution < -0.4 is 24.4 Å². The van der Waals surface area contributed by atoms with Crippen LogP contribution in [0.1, 0.15) is 12.5 Å². The minimum Gasteiger partial charge on any atom is -0.493 e. The van der Waals surface area contributed by atoms with Crippen molar-refractivity contribution in [2.45, 2.75) is 6.92 Å². The predicted molar refractivity (Wildman–Crippen MR) is 145 cm³/mol. The summed E-state index contributed by atoms with van der Waals surface area (Å²) >= 11 is 1.32. The molecule has 0 aliphatic carbocycles. The Hall–Kier alpha value is -3.82. The first-order chi connectivity index (χ1) is 17.0. The number of benzene rings is 2. The van der Waals surface area contributed by atoms with Gasteiger partial charge in [0.1, 0.15) is 5.75 Å². The normalized spacial score (nSPS) is 12.4. The Bertz CT molecular complexity index is 1290. The fourth-order valence-corrected chi connectivity index (χ4v) is 4.26. The van der Waals surface area contributed by atoms with E-state index in [2.05, 4.69) is 16.9 Å². The zero-order chi connectivity index (χ0) is 24.8. The van der Waals surface area contributed by atoms with Gasteiger partial charge in [0, 0.05) is 23.6 Å². The molecule has 188 valence electrons. The minimum atomic E-state index is -0.305. The van der Waals surface area contributed by atoms with Gasteiger partial charge in [-0.1, -0.05) is 12.1 Å². The highest BCUT2D eigenvalue weighted by molar-refractivity contribution is 7.14. The number of hydrogen-bond acceptors (Lipinski definition) is 7. The molecule has 1 aliphatic rings. The fourth-order valence-electron chi connectivity index (χ4n) is 3.54. The number of carbonyl (C=O) groups is 2. The molecule has 2 aromatic carbocycles. The van der Waals surface area contributed by atoms with Crippen molar-refractivity contribution in [1.82, 2.24) is 4.98 Å². The van der Waals surface area contributed by atoms with Crippen molar-refractivity contribution in [3.05, 3.63) is 66.1 Å². The Morgan fingerprint density at radius 2 is 2.11 bits per heavy atom. The van der Waals surface area contributed by atoms with Gasteiger partial charge in [0.2, 0.25) is 5.91 Å². The Morgan fingerprint density at radius 1 is 1.28 bits per heavy atom. The van der Waals surface area contributed by atoms with Crippen LogP contribution in [-0.2, 0) is 9.59 Å². The van der Waals surface area contributed by atoms with E-state index < -0.39 is 0 Å².